The molecule has 1 aliphatic rings. The van der Waals surface area contributed by atoms with Crippen LogP contribution in [0.5, 0.6) is 0 Å². The standard InChI is InChI=1S/C11H16BrN3O/c1-11(2)3-5-15(6-4-11)9-8(12)10(16)14-7-13-9/h7H,3-6H2,1-2H3,(H,13,14,16). The summed E-state index contributed by atoms with van der Waals surface area (Å²) in [4.78, 5) is 20.4. The number of H-pyrrole nitrogens is 1. The molecule has 88 valence electrons. The van der Waals surface area contributed by atoms with Crippen molar-refractivity contribution >= 4 is 21.7 Å². The van der Waals surface area contributed by atoms with E-state index in [0.29, 0.717) is 9.89 Å². The quantitative estimate of drug-likeness (QED) is 0.860. The zero-order valence-corrected chi connectivity index (χ0v) is 11.2. The maximum Gasteiger partial charge on any atom is 0.267 e. The van der Waals surface area contributed by atoms with E-state index in [1.165, 1.54) is 6.33 Å². The fraction of sp³-hybridized carbons (Fsp3) is 0.636. The molecule has 2 heterocycles. The van der Waals surface area contributed by atoms with E-state index in [9.17, 15) is 4.79 Å². The monoisotopic (exact) mass is 285 g/mol. The zero-order valence-electron chi connectivity index (χ0n) is 9.59. The lowest BCUT2D eigenvalue weighted by Gasteiger charge is -2.37. The molecule has 16 heavy (non-hydrogen) atoms. The lowest BCUT2D eigenvalue weighted by atomic mass is 9.83. The molecule has 0 aliphatic carbocycles. The Morgan fingerprint density at radius 2 is 2.06 bits per heavy atom. The summed E-state index contributed by atoms with van der Waals surface area (Å²) in [5.74, 6) is 0.763. The van der Waals surface area contributed by atoms with E-state index in [2.05, 4.69) is 44.6 Å². The average molecular weight is 286 g/mol. The Kier molecular flexibility index (Phi) is 3.06. The summed E-state index contributed by atoms with van der Waals surface area (Å²) >= 11 is 3.30. The largest absolute Gasteiger partial charge is 0.355 e. The molecule has 0 amide bonds. The van der Waals surface area contributed by atoms with E-state index in [4.69, 9.17) is 0 Å². The van der Waals surface area contributed by atoms with Gasteiger partial charge >= 0.3 is 0 Å². The topological polar surface area (TPSA) is 49.0 Å². The van der Waals surface area contributed by atoms with E-state index < -0.39 is 0 Å². The molecule has 0 spiro atoms. The molecule has 0 bridgehead atoms. The van der Waals surface area contributed by atoms with Gasteiger partial charge < -0.3 is 9.88 Å². The van der Waals surface area contributed by atoms with Gasteiger partial charge in [-0.05, 0) is 34.2 Å². The van der Waals surface area contributed by atoms with Gasteiger partial charge in [-0.25, -0.2) is 4.98 Å². The summed E-state index contributed by atoms with van der Waals surface area (Å²) in [6, 6.07) is 0. The summed E-state index contributed by atoms with van der Waals surface area (Å²) < 4.78 is 0.537. The number of anilines is 1. The minimum absolute atomic E-state index is 0.116. The molecule has 1 saturated heterocycles. The van der Waals surface area contributed by atoms with Crippen molar-refractivity contribution in [2.24, 2.45) is 5.41 Å². The fourth-order valence-corrected chi connectivity index (χ4v) is 2.39. The molecule has 0 atom stereocenters. The van der Waals surface area contributed by atoms with Crippen LogP contribution in [0.4, 0.5) is 5.82 Å². The van der Waals surface area contributed by atoms with Crippen LogP contribution >= 0.6 is 15.9 Å². The van der Waals surface area contributed by atoms with Crippen molar-refractivity contribution in [3.63, 3.8) is 0 Å². The fourth-order valence-electron chi connectivity index (χ4n) is 1.92. The summed E-state index contributed by atoms with van der Waals surface area (Å²) in [5.41, 5.74) is 0.291. The van der Waals surface area contributed by atoms with Crippen LogP contribution < -0.4 is 10.5 Å². The first-order chi connectivity index (χ1) is 7.49. The molecule has 0 saturated carbocycles. The first-order valence-corrected chi connectivity index (χ1v) is 6.27. The lowest BCUT2D eigenvalue weighted by molar-refractivity contribution is 0.279. The maximum absolute atomic E-state index is 11.4. The predicted molar refractivity (Wildman–Crippen MR) is 67.8 cm³/mol. The Hall–Kier alpha value is -0.840. The van der Waals surface area contributed by atoms with Crippen LogP contribution in [0.2, 0.25) is 0 Å². The molecule has 1 fully saturated rings. The third kappa shape index (κ3) is 2.29. The molecule has 2 rings (SSSR count). The minimum Gasteiger partial charge on any atom is -0.355 e. The van der Waals surface area contributed by atoms with E-state index >= 15 is 0 Å². The first-order valence-electron chi connectivity index (χ1n) is 5.48. The number of hydrogen-bond acceptors (Lipinski definition) is 3. The highest BCUT2D eigenvalue weighted by molar-refractivity contribution is 9.10. The highest BCUT2D eigenvalue weighted by atomic mass is 79.9. The van der Waals surface area contributed by atoms with Gasteiger partial charge in [0.1, 0.15) is 10.3 Å². The third-order valence-electron chi connectivity index (χ3n) is 3.19. The smallest absolute Gasteiger partial charge is 0.267 e. The number of rotatable bonds is 1. The average Bonchev–Trinajstić information content (AvgIpc) is 2.23. The van der Waals surface area contributed by atoms with Gasteiger partial charge in [0.15, 0.2) is 0 Å². The van der Waals surface area contributed by atoms with Crippen LogP contribution in [0.1, 0.15) is 26.7 Å². The first kappa shape index (κ1) is 11.6. The minimum atomic E-state index is -0.116. The van der Waals surface area contributed by atoms with Crippen molar-refractivity contribution in [1.82, 2.24) is 9.97 Å². The SMILES string of the molecule is CC1(C)CCN(c2nc[nH]c(=O)c2Br)CC1. The number of hydrogen-bond donors (Lipinski definition) is 1. The molecule has 1 aliphatic heterocycles. The highest BCUT2D eigenvalue weighted by Crippen LogP contribution is 2.32. The van der Waals surface area contributed by atoms with E-state index in [1.807, 2.05) is 0 Å². The molecule has 1 aromatic rings. The van der Waals surface area contributed by atoms with Gasteiger partial charge in [-0.1, -0.05) is 13.8 Å². The molecule has 1 N–H and O–H groups in total. The van der Waals surface area contributed by atoms with Gasteiger partial charge in [-0.2, -0.15) is 0 Å². The number of piperidine rings is 1. The van der Waals surface area contributed by atoms with Crippen molar-refractivity contribution in [3.05, 3.63) is 21.2 Å². The highest BCUT2D eigenvalue weighted by Gasteiger charge is 2.27. The Labute approximate surface area is 103 Å². The second-order valence-electron chi connectivity index (χ2n) is 5.02. The summed E-state index contributed by atoms with van der Waals surface area (Å²) in [5, 5.41) is 0. The van der Waals surface area contributed by atoms with Crippen molar-refractivity contribution in [2.45, 2.75) is 26.7 Å². The van der Waals surface area contributed by atoms with Crippen molar-refractivity contribution < 1.29 is 0 Å². The molecule has 4 nitrogen and oxygen atoms in total. The number of nitrogens with one attached hydrogen (secondary N) is 1. The molecule has 5 heteroatoms. The van der Waals surface area contributed by atoms with Gasteiger partial charge in [-0.3, -0.25) is 4.79 Å². The van der Waals surface area contributed by atoms with Gasteiger partial charge in [0.05, 0.1) is 6.33 Å². The van der Waals surface area contributed by atoms with E-state index in [0.717, 1.165) is 31.7 Å². The Morgan fingerprint density at radius 1 is 1.44 bits per heavy atom. The van der Waals surface area contributed by atoms with Crippen molar-refractivity contribution in [1.29, 1.82) is 0 Å². The van der Waals surface area contributed by atoms with Crippen LogP contribution in [0, 0.1) is 5.41 Å². The Balaban J connectivity index is 2.21. The normalized spacial score (nSPS) is 19.8. The van der Waals surface area contributed by atoms with Crippen LogP contribution in [0.15, 0.2) is 15.6 Å². The van der Waals surface area contributed by atoms with Crippen LogP contribution in [0.3, 0.4) is 0 Å². The summed E-state index contributed by atoms with van der Waals surface area (Å²) in [6.45, 7) is 6.49. The molecule has 0 radical (unpaired) electrons. The van der Waals surface area contributed by atoms with Crippen LogP contribution in [0.25, 0.3) is 0 Å². The molecule has 0 aromatic carbocycles. The van der Waals surface area contributed by atoms with Crippen LogP contribution in [-0.2, 0) is 0 Å². The molecule has 0 unspecified atom stereocenters. The predicted octanol–water partition coefficient (Wildman–Crippen LogP) is 2.16. The molecular formula is C11H16BrN3O. The van der Waals surface area contributed by atoms with Crippen LogP contribution in [-0.4, -0.2) is 23.1 Å². The van der Waals surface area contributed by atoms with Gasteiger partial charge in [0, 0.05) is 13.1 Å². The zero-order chi connectivity index (χ0) is 11.8. The van der Waals surface area contributed by atoms with E-state index in [-0.39, 0.29) is 5.56 Å². The summed E-state index contributed by atoms with van der Waals surface area (Å²) in [7, 11) is 0. The van der Waals surface area contributed by atoms with E-state index in [1.54, 1.807) is 0 Å². The van der Waals surface area contributed by atoms with Gasteiger partial charge in [-0.15, -0.1) is 0 Å². The van der Waals surface area contributed by atoms with Gasteiger partial charge in [0.25, 0.3) is 5.56 Å². The Bertz CT molecular complexity index is 431. The molecule has 1 aromatic heterocycles. The van der Waals surface area contributed by atoms with Crippen molar-refractivity contribution in [3.8, 4) is 0 Å². The van der Waals surface area contributed by atoms with Gasteiger partial charge in [0.2, 0.25) is 0 Å². The lowest BCUT2D eigenvalue weighted by Crippen LogP contribution is -2.38. The summed E-state index contributed by atoms with van der Waals surface area (Å²) in [6.07, 6.45) is 3.73. The molecular weight excluding hydrogens is 270 g/mol. The number of nitrogens with zero attached hydrogens (tertiary/aromatic N) is 2. The number of halogens is 1. The second kappa shape index (κ2) is 4.20. The number of aromatic nitrogens is 2. The Morgan fingerprint density at radius 3 is 2.69 bits per heavy atom. The second-order valence-corrected chi connectivity index (χ2v) is 5.81. The van der Waals surface area contributed by atoms with Crippen molar-refractivity contribution in [2.75, 3.05) is 18.0 Å². The number of aromatic amines is 1. The third-order valence-corrected chi connectivity index (χ3v) is 3.91. The maximum atomic E-state index is 11.4.